The van der Waals surface area contributed by atoms with Gasteiger partial charge in [-0.2, -0.15) is 0 Å². The maximum atomic E-state index is 12.3. The van der Waals surface area contributed by atoms with E-state index < -0.39 is 21.1 Å². The molecular formula is C19H21NO5S. The van der Waals surface area contributed by atoms with Gasteiger partial charge in [-0.3, -0.25) is 4.79 Å². The Morgan fingerprint density at radius 1 is 0.962 bits per heavy atom. The fourth-order valence-corrected chi connectivity index (χ4v) is 3.24. The highest BCUT2D eigenvalue weighted by atomic mass is 32.2. The smallest absolute Gasteiger partial charge is 0.338 e. The van der Waals surface area contributed by atoms with Gasteiger partial charge in [0.15, 0.2) is 9.84 Å². The molecule has 26 heavy (non-hydrogen) atoms. The van der Waals surface area contributed by atoms with Gasteiger partial charge in [-0.25, -0.2) is 13.2 Å². The minimum atomic E-state index is -3.37. The molecule has 0 bridgehead atoms. The van der Waals surface area contributed by atoms with Crippen LogP contribution < -0.4 is 5.32 Å². The number of hydrogen-bond donors (Lipinski definition) is 1. The van der Waals surface area contributed by atoms with Crippen molar-refractivity contribution in [1.82, 2.24) is 0 Å². The second-order valence-corrected chi connectivity index (χ2v) is 8.37. The monoisotopic (exact) mass is 375 g/mol. The van der Waals surface area contributed by atoms with Crippen LogP contribution in [-0.4, -0.2) is 32.2 Å². The first-order valence-corrected chi connectivity index (χ1v) is 9.73. The van der Waals surface area contributed by atoms with E-state index in [2.05, 4.69) is 5.32 Å². The third-order valence-corrected chi connectivity index (χ3v) is 5.89. The van der Waals surface area contributed by atoms with Crippen molar-refractivity contribution in [3.63, 3.8) is 0 Å². The van der Waals surface area contributed by atoms with Gasteiger partial charge >= 0.3 is 5.97 Å². The van der Waals surface area contributed by atoms with E-state index in [0.29, 0.717) is 23.4 Å². The highest BCUT2D eigenvalue weighted by molar-refractivity contribution is 7.92. The van der Waals surface area contributed by atoms with Gasteiger partial charge in [0, 0.05) is 11.3 Å². The van der Waals surface area contributed by atoms with Crippen LogP contribution in [0.1, 0.15) is 41.5 Å². The average Bonchev–Trinajstić information content (AvgIpc) is 2.62. The maximum Gasteiger partial charge on any atom is 0.338 e. The lowest BCUT2D eigenvalue weighted by atomic mass is 10.2. The number of carbonyl (C=O) groups excluding carboxylic acids is 2. The molecule has 0 aliphatic carbocycles. The number of carbonyl (C=O) groups is 2. The zero-order valence-corrected chi connectivity index (χ0v) is 15.7. The average molecular weight is 375 g/mol. The summed E-state index contributed by atoms with van der Waals surface area (Å²) in [4.78, 5) is 24.1. The molecule has 0 atom stereocenters. The van der Waals surface area contributed by atoms with Crippen LogP contribution in [0.2, 0.25) is 0 Å². The van der Waals surface area contributed by atoms with E-state index in [1.807, 2.05) is 0 Å². The van der Waals surface area contributed by atoms with Crippen molar-refractivity contribution in [2.24, 2.45) is 0 Å². The van der Waals surface area contributed by atoms with Crippen LogP contribution in [0.25, 0.3) is 0 Å². The number of anilines is 1. The molecule has 138 valence electrons. The van der Waals surface area contributed by atoms with E-state index in [4.69, 9.17) is 4.74 Å². The second-order valence-electron chi connectivity index (χ2n) is 5.87. The summed E-state index contributed by atoms with van der Waals surface area (Å²) < 4.78 is 29.1. The van der Waals surface area contributed by atoms with E-state index in [1.165, 1.54) is 24.3 Å². The van der Waals surface area contributed by atoms with Crippen molar-refractivity contribution in [2.45, 2.75) is 30.9 Å². The summed E-state index contributed by atoms with van der Waals surface area (Å²) in [6.07, 6.45) is 0. The SMILES string of the molecule is CCOC(=O)c1ccc(NC(=O)c2ccc(S(=O)(=O)C(C)C)cc2)cc1. The third kappa shape index (κ3) is 4.49. The predicted octanol–water partition coefficient (Wildman–Crippen LogP) is 3.30. The highest BCUT2D eigenvalue weighted by Crippen LogP contribution is 2.18. The lowest BCUT2D eigenvalue weighted by molar-refractivity contribution is 0.0526. The molecule has 7 heteroatoms. The van der Waals surface area contributed by atoms with Gasteiger partial charge in [-0.05, 0) is 69.3 Å². The molecule has 2 aromatic carbocycles. The largest absolute Gasteiger partial charge is 0.462 e. The summed E-state index contributed by atoms with van der Waals surface area (Å²) in [6, 6.07) is 12.1. The Bertz CT molecular complexity index is 885. The van der Waals surface area contributed by atoms with Crippen molar-refractivity contribution in [3.8, 4) is 0 Å². The lowest BCUT2D eigenvalue weighted by Gasteiger charge is -2.09. The van der Waals surface area contributed by atoms with Crippen LogP contribution in [0.3, 0.4) is 0 Å². The molecular weight excluding hydrogens is 354 g/mol. The van der Waals surface area contributed by atoms with Crippen LogP contribution in [0.4, 0.5) is 5.69 Å². The van der Waals surface area contributed by atoms with Gasteiger partial charge in [0.05, 0.1) is 22.3 Å². The molecule has 0 radical (unpaired) electrons. The number of hydrogen-bond acceptors (Lipinski definition) is 5. The van der Waals surface area contributed by atoms with E-state index >= 15 is 0 Å². The van der Waals surface area contributed by atoms with Crippen molar-refractivity contribution < 1.29 is 22.7 Å². The number of ether oxygens (including phenoxy) is 1. The number of benzene rings is 2. The standard InChI is InChI=1S/C19H21NO5S/c1-4-25-19(22)15-5-9-16(10-6-15)20-18(21)14-7-11-17(12-8-14)26(23,24)13(2)3/h5-13H,4H2,1-3H3,(H,20,21). The highest BCUT2D eigenvalue weighted by Gasteiger charge is 2.19. The summed E-state index contributed by atoms with van der Waals surface area (Å²) in [5, 5.41) is 2.17. The lowest BCUT2D eigenvalue weighted by Crippen LogP contribution is -2.15. The number of amides is 1. The molecule has 0 aliphatic heterocycles. The van der Waals surface area contributed by atoms with Gasteiger partial charge in [0.2, 0.25) is 0 Å². The Labute approximate surface area is 153 Å². The zero-order valence-electron chi connectivity index (χ0n) is 14.9. The third-order valence-electron chi connectivity index (χ3n) is 3.72. The molecule has 6 nitrogen and oxygen atoms in total. The fourth-order valence-electron chi connectivity index (χ4n) is 2.18. The Hall–Kier alpha value is -2.67. The van der Waals surface area contributed by atoms with E-state index in [9.17, 15) is 18.0 Å². The molecule has 1 N–H and O–H groups in total. The second kappa shape index (κ2) is 8.14. The molecule has 0 saturated carbocycles. The van der Waals surface area contributed by atoms with Gasteiger partial charge < -0.3 is 10.1 Å². The van der Waals surface area contributed by atoms with Gasteiger partial charge in [-0.15, -0.1) is 0 Å². The van der Waals surface area contributed by atoms with Crippen molar-refractivity contribution in [3.05, 3.63) is 59.7 Å². The van der Waals surface area contributed by atoms with Crippen LogP contribution in [0, 0.1) is 0 Å². The predicted molar refractivity (Wildman–Crippen MR) is 99.1 cm³/mol. The number of sulfone groups is 1. The van der Waals surface area contributed by atoms with E-state index in [0.717, 1.165) is 0 Å². The summed E-state index contributed by atoms with van der Waals surface area (Å²) in [6.45, 7) is 5.23. The Morgan fingerprint density at radius 2 is 1.50 bits per heavy atom. The van der Waals surface area contributed by atoms with E-state index in [-0.39, 0.29) is 10.8 Å². The van der Waals surface area contributed by atoms with Gasteiger partial charge in [0.25, 0.3) is 5.91 Å². The fraction of sp³-hybridized carbons (Fsp3) is 0.263. The van der Waals surface area contributed by atoms with Crippen molar-refractivity contribution in [2.75, 3.05) is 11.9 Å². The minimum Gasteiger partial charge on any atom is -0.462 e. The first-order chi connectivity index (χ1) is 12.3. The molecule has 0 aliphatic rings. The Kier molecular flexibility index (Phi) is 6.15. The number of esters is 1. The summed E-state index contributed by atoms with van der Waals surface area (Å²) in [5.74, 6) is -0.797. The molecule has 0 unspecified atom stereocenters. The van der Waals surface area contributed by atoms with Gasteiger partial charge in [-0.1, -0.05) is 0 Å². The number of nitrogens with one attached hydrogen (secondary N) is 1. The first kappa shape index (κ1) is 19.7. The maximum absolute atomic E-state index is 12.3. The van der Waals surface area contributed by atoms with Crippen LogP contribution >= 0.6 is 0 Å². The van der Waals surface area contributed by atoms with Crippen LogP contribution in [0.5, 0.6) is 0 Å². The molecule has 0 fully saturated rings. The zero-order chi connectivity index (χ0) is 19.3. The normalized spacial score (nSPS) is 11.2. The molecule has 0 aromatic heterocycles. The molecule has 2 rings (SSSR count). The minimum absolute atomic E-state index is 0.183. The van der Waals surface area contributed by atoms with Crippen molar-refractivity contribution >= 4 is 27.4 Å². The van der Waals surface area contributed by atoms with Gasteiger partial charge in [0.1, 0.15) is 0 Å². The topological polar surface area (TPSA) is 89.5 Å². The van der Waals surface area contributed by atoms with E-state index in [1.54, 1.807) is 45.0 Å². The first-order valence-electron chi connectivity index (χ1n) is 8.18. The molecule has 0 spiro atoms. The van der Waals surface area contributed by atoms with Crippen LogP contribution in [0.15, 0.2) is 53.4 Å². The Morgan fingerprint density at radius 3 is 2.00 bits per heavy atom. The summed E-state index contributed by atoms with van der Waals surface area (Å²) >= 11 is 0. The van der Waals surface area contributed by atoms with Crippen molar-refractivity contribution in [1.29, 1.82) is 0 Å². The summed E-state index contributed by atoms with van der Waals surface area (Å²) in [5.41, 5.74) is 1.25. The van der Waals surface area contributed by atoms with Crippen LogP contribution in [-0.2, 0) is 14.6 Å². The Balaban J connectivity index is 2.09. The molecule has 0 heterocycles. The molecule has 1 amide bonds. The quantitative estimate of drug-likeness (QED) is 0.783. The number of rotatable bonds is 6. The molecule has 2 aromatic rings. The molecule has 0 saturated heterocycles. The summed E-state index contributed by atoms with van der Waals surface area (Å²) in [7, 11) is -3.37.